The topological polar surface area (TPSA) is 71.2 Å². The van der Waals surface area contributed by atoms with Crippen molar-refractivity contribution in [3.8, 4) is 0 Å². The quantitative estimate of drug-likeness (QED) is 0.756. The largest absolute Gasteiger partial charge is 0.481 e. The minimum absolute atomic E-state index is 0.142. The zero-order chi connectivity index (χ0) is 13.7. The molecule has 0 aliphatic carbocycles. The number of alkyl halides is 2. The predicted molar refractivity (Wildman–Crippen MR) is 63.3 cm³/mol. The van der Waals surface area contributed by atoms with Gasteiger partial charge in [-0.05, 0) is 6.92 Å². The number of aliphatic carboxylic acids is 1. The molecule has 9 heteroatoms. The SMILES string of the molecule is CCn1c(SCC(=O)O)nnc1N(C)CC(F)F. The Balaban J connectivity index is 2.83. The fourth-order valence-electron chi connectivity index (χ4n) is 1.36. The molecule has 1 rings (SSSR count). The molecule has 1 aromatic heterocycles. The van der Waals surface area contributed by atoms with Crippen LogP contribution in [0.25, 0.3) is 0 Å². The fraction of sp³-hybridized carbons (Fsp3) is 0.667. The molecule has 0 unspecified atom stereocenters. The molecule has 0 aliphatic rings. The van der Waals surface area contributed by atoms with Crippen LogP contribution in [0.15, 0.2) is 5.16 Å². The van der Waals surface area contributed by atoms with Crippen molar-refractivity contribution in [1.29, 1.82) is 0 Å². The number of carbonyl (C=O) groups is 1. The molecule has 0 amide bonds. The second-order valence-corrected chi connectivity index (χ2v) is 4.42. The lowest BCUT2D eigenvalue weighted by Gasteiger charge is -2.18. The number of hydrogen-bond acceptors (Lipinski definition) is 5. The van der Waals surface area contributed by atoms with Crippen molar-refractivity contribution < 1.29 is 18.7 Å². The second-order valence-electron chi connectivity index (χ2n) is 3.48. The van der Waals surface area contributed by atoms with E-state index in [9.17, 15) is 13.6 Å². The van der Waals surface area contributed by atoms with Crippen LogP contribution in [0.4, 0.5) is 14.7 Å². The summed E-state index contributed by atoms with van der Waals surface area (Å²) in [5.41, 5.74) is 0. The van der Waals surface area contributed by atoms with Gasteiger partial charge < -0.3 is 10.0 Å². The van der Waals surface area contributed by atoms with Crippen molar-refractivity contribution in [3.63, 3.8) is 0 Å². The molecule has 0 radical (unpaired) electrons. The smallest absolute Gasteiger partial charge is 0.313 e. The van der Waals surface area contributed by atoms with Crippen molar-refractivity contribution in [2.24, 2.45) is 0 Å². The zero-order valence-corrected chi connectivity index (χ0v) is 10.8. The Kier molecular flexibility index (Phi) is 5.32. The van der Waals surface area contributed by atoms with Gasteiger partial charge in [0.15, 0.2) is 5.16 Å². The summed E-state index contributed by atoms with van der Waals surface area (Å²) in [6.07, 6.45) is -2.47. The molecule has 1 aromatic rings. The highest BCUT2D eigenvalue weighted by Gasteiger charge is 2.18. The van der Waals surface area contributed by atoms with Crippen LogP contribution < -0.4 is 4.90 Å². The van der Waals surface area contributed by atoms with Crippen LogP contribution in [0.5, 0.6) is 0 Å². The van der Waals surface area contributed by atoms with Crippen LogP contribution in [0.3, 0.4) is 0 Å². The van der Waals surface area contributed by atoms with Crippen molar-refractivity contribution in [2.45, 2.75) is 25.1 Å². The molecule has 0 aliphatic heterocycles. The Morgan fingerprint density at radius 3 is 2.72 bits per heavy atom. The average molecular weight is 280 g/mol. The van der Waals surface area contributed by atoms with Crippen molar-refractivity contribution >= 4 is 23.7 Å². The normalized spacial score (nSPS) is 10.9. The van der Waals surface area contributed by atoms with Crippen LogP contribution in [0, 0.1) is 0 Å². The van der Waals surface area contributed by atoms with Gasteiger partial charge in [0.05, 0.1) is 12.3 Å². The van der Waals surface area contributed by atoms with Gasteiger partial charge in [0, 0.05) is 13.6 Å². The first kappa shape index (κ1) is 14.7. The summed E-state index contributed by atoms with van der Waals surface area (Å²) in [5, 5.41) is 16.6. The molecule has 0 spiro atoms. The Morgan fingerprint density at radius 1 is 1.56 bits per heavy atom. The lowest BCUT2D eigenvalue weighted by Crippen LogP contribution is -2.27. The molecule has 0 saturated carbocycles. The summed E-state index contributed by atoms with van der Waals surface area (Å²) < 4.78 is 26.2. The summed E-state index contributed by atoms with van der Waals surface area (Å²) in [7, 11) is 1.49. The summed E-state index contributed by atoms with van der Waals surface area (Å²) >= 11 is 1.01. The third-order valence-corrected chi connectivity index (χ3v) is 3.04. The van der Waals surface area contributed by atoms with E-state index in [1.165, 1.54) is 11.9 Å². The molecule has 0 bridgehead atoms. The number of carboxylic acids is 1. The summed E-state index contributed by atoms with van der Waals surface area (Å²) in [4.78, 5) is 11.8. The molecule has 0 atom stereocenters. The van der Waals surface area contributed by atoms with Gasteiger partial charge in [-0.25, -0.2) is 8.78 Å². The Bertz CT molecular complexity index is 413. The zero-order valence-electron chi connectivity index (χ0n) is 10.0. The van der Waals surface area contributed by atoms with Gasteiger partial charge in [0.2, 0.25) is 5.95 Å². The Morgan fingerprint density at radius 2 is 2.22 bits per heavy atom. The molecule has 0 fully saturated rings. The van der Waals surface area contributed by atoms with Gasteiger partial charge in [-0.3, -0.25) is 9.36 Å². The van der Waals surface area contributed by atoms with Gasteiger partial charge in [-0.1, -0.05) is 11.8 Å². The summed E-state index contributed by atoms with van der Waals surface area (Å²) in [5.74, 6) is -0.796. The number of anilines is 1. The Labute approximate surface area is 107 Å². The highest BCUT2D eigenvalue weighted by Crippen LogP contribution is 2.21. The predicted octanol–water partition coefficient (Wildman–Crippen LogP) is 1.18. The lowest BCUT2D eigenvalue weighted by atomic mass is 10.6. The fourth-order valence-corrected chi connectivity index (χ4v) is 2.08. The van der Waals surface area contributed by atoms with Gasteiger partial charge in [0.25, 0.3) is 6.43 Å². The summed E-state index contributed by atoms with van der Waals surface area (Å²) in [6.45, 7) is 1.85. The summed E-state index contributed by atoms with van der Waals surface area (Å²) in [6, 6.07) is 0. The van der Waals surface area contributed by atoms with Crippen molar-refractivity contribution in [1.82, 2.24) is 14.8 Å². The first-order chi connectivity index (χ1) is 8.45. The monoisotopic (exact) mass is 280 g/mol. The van der Waals surface area contributed by atoms with Gasteiger partial charge in [-0.2, -0.15) is 0 Å². The first-order valence-electron chi connectivity index (χ1n) is 5.22. The van der Waals surface area contributed by atoms with Crippen LogP contribution in [-0.4, -0.2) is 51.6 Å². The molecule has 1 N–H and O–H groups in total. The molecule has 18 heavy (non-hydrogen) atoms. The average Bonchev–Trinajstić information content (AvgIpc) is 2.67. The molecule has 1 heterocycles. The molecule has 6 nitrogen and oxygen atoms in total. The minimum atomic E-state index is -2.47. The van der Waals surface area contributed by atoms with Gasteiger partial charge in [-0.15, -0.1) is 10.2 Å². The maximum atomic E-state index is 12.3. The third kappa shape index (κ3) is 3.83. The molecule has 0 saturated heterocycles. The molecular weight excluding hydrogens is 266 g/mol. The highest BCUT2D eigenvalue weighted by molar-refractivity contribution is 7.99. The third-order valence-electron chi connectivity index (χ3n) is 2.09. The van der Waals surface area contributed by atoms with Crippen LogP contribution >= 0.6 is 11.8 Å². The van der Waals surface area contributed by atoms with E-state index in [4.69, 9.17) is 5.11 Å². The van der Waals surface area contributed by atoms with Gasteiger partial charge >= 0.3 is 5.97 Å². The number of thioether (sulfide) groups is 1. The maximum Gasteiger partial charge on any atom is 0.313 e. The minimum Gasteiger partial charge on any atom is -0.481 e. The number of nitrogens with zero attached hydrogens (tertiary/aromatic N) is 4. The second kappa shape index (κ2) is 6.53. The van der Waals surface area contributed by atoms with E-state index in [2.05, 4.69) is 10.2 Å². The standard InChI is InChI=1S/C9H14F2N4O2S/c1-3-15-8(14(2)4-6(10)11)12-13-9(15)18-5-7(16)17/h6H,3-5H2,1-2H3,(H,16,17). The highest BCUT2D eigenvalue weighted by atomic mass is 32.2. The van der Waals surface area contributed by atoms with E-state index >= 15 is 0 Å². The molecule has 0 aromatic carbocycles. The number of halogens is 2. The number of aromatic nitrogens is 3. The van der Waals surface area contributed by atoms with E-state index in [0.29, 0.717) is 17.6 Å². The first-order valence-corrected chi connectivity index (χ1v) is 6.21. The number of hydrogen-bond donors (Lipinski definition) is 1. The molecule has 102 valence electrons. The van der Waals surface area contributed by atoms with E-state index in [1.807, 2.05) is 6.92 Å². The van der Waals surface area contributed by atoms with Crippen molar-refractivity contribution in [2.75, 3.05) is 24.2 Å². The van der Waals surface area contributed by atoms with Crippen molar-refractivity contribution in [3.05, 3.63) is 0 Å². The van der Waals surface area contributed by atoms with E-state index in [-0.39, 0.29) is 5.75 Å². The lowest BCUT2D eigenvalue weighted by molar-refractivity contribution is -0.133. The van der Waals surface area contributed by atoms with E-state index < -0.39 is 18.9 Å². The number of rotatable bonds is 7. The van der Waals surface area contributed by atoms with Gasteiger partial charge in [0.1, 0.15) is 0 Å². The Hall–Kier alpha value is -1.38. The van der Waals surface area contributed by atoms with E-state index in [1.54, 1.807) is 4.57 Å². The van der Waals surface area contributed by atoms with Crippen LogP contribution in [0.1, 0.15) is 6.92 Å². The number of carboxylic acid groups (broad SMARTS) is 1. The van der Waals surface area contributed by atoms with Crippen LogP contribution in [0.2, 0.25) is 0 Å². The molecular formula is C9H14F2N4O2S. The van der Waals surface area contributed by atoms with Crippen LogP contribution in [-0.2, 0) is 11.3 Å². The van der Waals surface area contributed by atoms with E-state index in [0.717, 1.165) is 11.8 Å². The maximum absolute atomic E-state index is 12.3.